The Bertz CT molecular complexity index is 2230. The molecule has 2 aliphatic heterocycles. The maximum Gasteiger partial charge on any atom is 0.336 e. The fraction of sp³-hybridized carbons (Fsp3) is 0.242. The Labute approximate surface area is 270 Å². The number of H-pyrrole nitrogens is 1. The number of ketones is 2. The lowest BCUT2D eigenvalue weighted by Gasteiger charge is -2.42. The van der Waals surface area contributed by atoms with Crippen molar-refractivity contribution in [2.75, 3.05) is 19.5 Å². The van der Waals surface area contributed by atoms with E-state index in [4.69, 9.17) is 30.2 Å². The summed E-state index contributed by atoms with van der Waals surface area (Å²) in [5.74, 6) is -3.98. The van der Waals surface area contributed by atoms with Crippen LogP contribution in [-0.2, 0) is 11.8 Å². The standard InChI is InChI=1S/C33H26ClN3O10/c1-13-11-16-21(27(38)33(13)28(39)23-19(44-3)12-20(45-4)25(34)26(23)47-33)22(24-29(35-16)37(2)32(43)36-30(24)40)18-10-9-17(46-18)14-7-5-6-8-15(14)31(41)42/h5-10,12-13,22,35H,11H2,1-4H3,(H,41,42)(H,36,40,43). The minimum absolute atomic E-state index is 0.00961. The molecule has 1 aliphatic carbocycles. The van der Waals surface area contributed by atoms with Crippen LogP contribution in [0.1, 0.15) is 51.3 Å². The summed E-state index contributed by atoms with van der Waals surface area (Å²) < 4.78 is 24.6. The van der Waals surface area contributed by atoms with Crippen LogP contribution in [0, 0.1) is 5.92 Å². The number of rotatable bonds is 5. The van der Waals surface area contributed by atoms with Crippen LogP contribution in [0.3, 0.4) is 0 Å². The Morgan fingerprint density at radius 2 is 1.79 bits per heavy atom. The summed E-state index contributed by atoms with van der Waals surface area (Å²) in [6.45, 7) is 1.68. The van der Waals surface area contributed by atoms with Gasteiger partial charge >= 0.3 is 11.7 Å². The first-order chi connectivity index (χ1) is 22.4. The lowest BCUT2D eigenvalue weighted by atomic mass is 9.66. The molecule has 240 valence electrons. The zero-order chi connectivity index (χ0) is 33.5. The van der Waals surface area contributed by atoms with Crippen LogP contribution in [0.2, 0.25) is 5.02 Å². The van der Waals surface area contributed by atoms with E-state index in [-0.39, 0.29) is 73.9 Å². The number of hydrogen-bond donors (Lipinski definition) is 3. The van der Waals surface area contributed by atoms with Gasteiger partial charge in [-0.3, -0.25) is 23.9 Å². The van der Waals surface area contributed by atoms with Gasteiger partial charge in [-0.15, -0.1) is 0 Å². The number of nitrogens with one attached hydrogen (secondary N) is 2. The molecule has 3 unspecified atom stereocenters. The number of aromatic amines is 1. The normalized spacial score (nSPS) is 21.1. The number of Topliss-reactive ketones (excluding diaryl/α,β-unsaturated/α-hetero) is 2. The third-order valence-electron chi connectivity index (χ3n) is 9.07. The van der Waals surface area contributed by atoms with Crippen molar-refractivity contribution in [1.82, 2.24) is 9.55 Å². The predicted molar refractivity (Wildman–Crippen MR) is 167 cm³/mol. The van der Waals surface area contributed by atoms with Crippen molar-refractivity contribution in [2.45, 2.75) is 24.9 Å². The van der Waals surface area contributed by atoms with E-state index in [0.29, 0.717) is 5.70 Å². The molecule has 2 aromatic carbocycles. The molecule has 0 amide bonds. The number of carboxylic acid groups (broad SMARTS) is 1. The summed E-state index contributed by atoms with van der Waals surface area (Å²) in [5.41, 5.74) is -2.99. The minimum Gasteiger partial charge on any atom is -0.496 e. The summed E-state index contributed by atoms with van der Waals surface area (Å²) in [6.07, 6.45) is 0.0875. The smallest absolute Gasteiger partial charge is 0.336 e. The molecular formula is C33H26ClN3O10. The maximum atomic E-state index is 15.0. The highest BCUT2D eigenvalue weighted by Crippen LogP contribution is 2.56. The van der Waals surface area contributed by atoms with Crippen LogP contribution < -0.4 is 30.8 Å². The molecule has 3 N–H and O–H groups in total. The van der Waals surface area contributed by atoms with Gasteiger partial charge in [-0.25, -0.2) is 9.59 Å². The van der Waals surface area contributed by atoms with Crippen molar-refractivity contribution in [3.05, 3.63) is 102 Å². The first-order valence-electron chi connectivity index (χ1n) is 14.4. The Kier molecular flexibility index (Phi) is 6.72. The van der Waals surface area contributed by atoms with Gasteiger partial charge in [0.15, 0.2) is 5.75 Å². The number of halogens is 1. The number of fused-ring (bicyclic) bond motifs is 2. The van der Waals surface area contributed by atoms with Crippen molar-refractivity contribution >= 4 is 35.0 Å². The highest BCUT2D eigenvalue weighted by Gasteiger charge is 2.64. The molecular weight excluding hydrogens is 634 g/mol. The second kappa shape index (κ2) is 10.5. The first-order valence-corrected chi connectivity index (χ1v) is 14.8. The van der Waals surface area contributed by atoms with Gasteiger partial charge in [-0.05, 0) is 24.6 Å². The number of hydrogen-bond acceptors (Lipinski definition) is 10. The van der Waals surface area contributed by atoms with Gasteiger partial charge in [0, 0.05) is 35.9 Å². The molecule has 4 heterocycles. The van der Waals surface area contributed by atoms with Gasteiger partial charge in [0.2, 0.25) is 17.2 Å². The fourth-order valence-electron chi connectivity index (χ4n) is 6.79. The number of carbonyl (C=O) groups excluding carboxylic acids is 2. The van der Waals surface area contributed by atoms with Gasteiger partial charge in [-0.2, -0.15) is 0 Å². The summed E-state index contributed by atoms with van der Waals surface area (Å²) >= 11 is 6.60. The molecule has 0 radical (unpaired) electrons. The van der Waals surface area contributed by atoms with Crippen molar-refractivity contribution in [1.29, 1.82) is 0 Å². The first kappa shape index (κ1) is 30.1. The molecule has 14 heteroatoms. The van der Waals surface area contributed by atoms with Gasteiger partial charge in [0.25, 0.3) is 5.56 Å². The predicted octanol–water partition coefficient (Wildman–Crippen LogP) is 4.14. The third kappa shape index (κ3) is 4.05. The van der Waals surface area contributed by atoms with Crippen molar-refractivity contribution in [2.24, 2.45) is 13.0 Å². The van der Waals surface area contributed by atoms with E-state index >= 15 is 0 Å². The third-order valence-corrected chi connectivity index (χ3v) is 9.43. The summed E-state index contributed by atoms with van der Waals surface area (Å²) in [7, 11) is 4.21. The van der Waals surface area contributed by atoms with Crippen LogP contribution in [0.5, 0.6) is 17.2 Å². The van der Waals surface area contributed by atoms with Crippen LogP contribution in [-0.4, -0.2) is 52.0 Å². The average molecular weight is 660 g/mol. The average Bonchev–Trinajstić information content (AvgIpc) is 3.66. The summed E-state index contributed by atoms with van der Waals surface area (Å²) in [4.78, 5) is 69.8. The molecule has 0 bridgehead atoms. The molecule has 1 spiro atoms. The molecule has 0 saturated heterocycles. The zero-order valence-corrected chi connectivity index (χ0v) is 26.1. The van der Waals surface area contributed by atoms with Crippen molar-refractivity contribution in [3.8, 4) is 28.6 Å². The maximum absolute atomic E-state index is 15.0. The number of carbonyl (C=O) groups is 3. The van der Waals surface area contributed by atoms with Crippen LogP contribution in [0.4, 0.5) is 5.82 Å². The number of anilines is 1. The minimum atomic E-state index is -2.10. The summed E-state index contributed by atoms with van der Waals surface area (Å²) in [5, 5.41) is 12.9. The van der Waals surface area contributed by atoms with E-state index in [0.717, 1.165) is 0 Å². The summed E-state index contributed by atoms with van der Waals surface area (Å²) in [6, 6.07) is 10.7. The Morgan fingerprint density at radius 3 is 2.49 bits per heavy atom. The van der Waals surface area contributed by atoms with Crippen LogP contribution in [0.15, 0.2) is 67.7 Å². The molecule has 47 heavy (non-hydrogen) atoms. The largest absolute Gasteiger partial charge is 0.496 e. The molecule has 3 aliphatic rings. The Hall–Kier alpha value is -5.56. The number of carboxylic acids is 1. The number of benzene rings is 2. The molecule has 0 fully saturated rings. The molecule has 2 aromatic heterocycles. The Balaban J connectivity index is 1.45. The highest BCUT2D eigenvalue weighted by atomic mass is 35.5. The molecule has 7 rings (SSSR count). The highest BCUT2D eigenvalue weighted by molar-refractivity contribution is 6.36. The van der Waals surface area contributed by atoms with Crippen molar-refractivity contribution < 1.29 is 38.1 Å². The number of nitrogens with zero attached hydrogens (tertiary/aromatic N) is 1. The fourth-order valence-corrected chi connectivity index (χ4v) is 7.05. The molecule has 4 aromatic rings. The molecule has 0 saturated carbocycles. The van der Waals surface area contributed by atoms with E-state index in [1.54, 1.807) is 25.1 Å². The number of methoxy groups -OCH3 is 2. The van der Waals surface area contributed by atoms with E-state index in [1.165, 1.54) is 50.1 Å². The lowest BCUT2D eigenvalue weighted by Crippen LogP contribution is -2.58. The number of aromatic nitrogens is 2. The van der Waals surface area contributed by atoms with Gasteiger partial charge in [-0.1, -0.05) is 36.7 Å². The quantitative estimate of drug-likeness (QED) is 0.262. The van der Waals surface area contributed by atoms with Crippen LogP contribution >= 0.6 is 11.6 Å². The van der Waals surface area contributed by atoms with E-state index in [1.807, 2.05) is 0 Å². The SMILES string of the molecule is COc1cc(OC)c2c(c1Cl)OC1(C(=O)C3=C(CC1C)Nc1c(c(=O)[nH]c(=O)n1C)C3c1ccc(-c3ccccc3C(=O)O)o1)C2=O. The van der Waals surface area contributed by atoms with E-state index < -0.39 is 46.2 Å². The number of furan rings is 1. The van der Waals surface area contributed by atoms with E-state index in [2.05, 4.69) is 10.3 Å². The molecule has 13 nitrogen and oxygen atoms in total. The topological polar surface area (TPSA) is 179 Å². The monoisotopic (exact) mass is 659 g/mol. The lowest BCUT2D eigenvalue weighted by molar-refractivity contribution is -0.130. The zero-order valence-electron chi connectivity index (χ0n) is 25.3. The van der Waals surface area contributed by atoms with Gasteiger partial charge in [0.1, 0.15) is 39.4 Å². The Morgan fingerprint density at radius 1 is 1.06 bits per heavy atom. The number of allylic oxidation sites excluding steroid dienone is 1. The number of ether oxygens (including phenoxy) is 3. The van der Waals surface area contributed by atoms with Gasteiger partial charge in [0.05, 0.1) is 31.3 Å². The van der Waals surface area contributed by atoms with Crippen molar-refractivity contribution in [3.63, 3.8) is 0 Å². The van der Waals surface area contributed by atoms with E-state index in [9.17, 15) is 29.1 Å². The number of aromatic carboxylic acids is 1. The molecule has 3 atom stereocenters. The second-order valence-electron chi connectivity index (χ2n) is 11.5. The van der Waals surface area contributed by atoms with Crippen LogP contribution in [0.25, 0.3) is 11.3 Å². The van der Waals surface area contributed by atoms with Gasteiger partial charge < -0.3 is 29.1 Å². The second-order valence-corrected chi connectivity index (χ2v) is 11.9.